The van der Waals surface area contributed by atoms with Gasteiger partial charge in [-0.25, -0.2) is 0 Å². The second-order valence-electron chi connectivity index (χ2n) is 4.97. The summed E-state index contributed by atoms with van der Waals surface area (Å²) >= 11 is 0. The Hall–Kier alpha value is -2.49. The molecule has 0 aromatic heterocycles. The Morgan fingerprint density at radius 2 is 1.95 bits per heavy atom. The van der Waals surface area contributed by atoms with Crippen molar-refractivity contribution in [3.05, 3.63) is 59.7 Å². The molecule has 116 valence electrons. The van der Waals surface area contributed by atoms with Gasteiger partial charge < -0.3 is 14.8 Å². The van der Waals surface area contributed by atoms with Crippen LogP contribution in [0.5, 0.6) is 11.5 Å². The summed E-state index contributed by atoms with van der Waals surface area (Å²) in [6.45, 7) is 3.15. The summed E-state index contributed by atoms with van der Waals surface area (Å²) in [6.07, 6.45) is 0.745. The van der Waals surface area contributed by atoms with E-state index < -0.39 is 0 Å². The fraction of sp³-hybridized carbons (Fsp3) is 0.278. The van der Waals surface area contributed by atoms with E-state index in [9.17, 15) is 4.79 Å². The van der Waals surface area contributed by atoms with Crippen LogP contribution >= 0.6 is 0 Å². The number of methoxy groups -OCH3 is 1. The zero-order chi connectivity index (χ0) is 15.8. The van der Waals surface area contributed by atoms with Crippen LogP contribution in [0.4, 0.5) is 0 Å². The summed E-state index contributed by atoms with van der Waals surface area (Å²) in [7, 11) is 1.56. The van der Waals surface area contributed by atoms with E-state index in [1.807, 2.05) is 43.3 Å². The zero-order valence-corrected chi connectivity index (χ0v) is 13.0. The molecule has 0 aliphatic heterocycles. The van der Waals surface area contributed by atoms with Gasteiger partial charge in [0.25, 0.3) is 5.91 Å². The van der Waals surface area contributed by atoms with E-state index in [4.69, 9.17) is 9.47 Å². The normalized spacial score (nSPS) is 10.1. The highest BCUT2D eigenvalue weighted by atomic mass is 16.5. The van der Waals surface area contributed by atoms with Gasteiger partial charge in [-0.3, -0.25) is 4.79 Å². The maximum atomic E-state index is 12.1. The monoisotopic (exact) mass is 299 g/mol. The molecule has 0 saturated carbocycles. The lowest BCUT2D eigenvalue weighted by Gasteiger charge is -2.10. The van der Waals surface area contributed by atoms with Gasteiger partial charge in [0.1, 0.15) is 11.5 Å². The number of rotatable bonds is 7. The van der Waals surface area contributed by atoms with Gasteiger partial charge in [-0.15, -0.1) is 0 Å². The molecule has 0 spiro atoms. The second kappa shape index (κ2) is 8.08. The number of benzene rings is 2. The Kier molecular flexibility index (Phi) is 5.83. The quantitative estimate of drug-likeness (QED) is 0.799. The fourth-order valence-corrected chi connectivity index (χ4v) is 2.10. The summed E-state index contributed by atoms with van der Waals surface area (Å²) in [5.74, 6) is 1.31. The van der Waals surface area contributed by atoms with Gasteiger partial charge >= 0.3 is 0 Å². The molecule has 1 amide bonds. The van der Waals surface area contributed by atoms with Gasteiger partial charge in [-0.1, -0.05) is 24.3 Å². The van der Waals surface area contributed by atoms with Crippen molar-refractivity contribution in [2.24, 2.45) is 0 Å². The van der Waals surface area contributed by atoms with Crippen LogP contribution in [-0.4, -0.2) is 26.2 Å². The minimum Gasteiger partial charge on any atom is -0.496 e. The lowest BCUT2D eigenvalue weighted by molar-refractivity contribution is 0.0948. The van der Waals surface area contributed by atoms with Gasteiger partial charge in [0.15, 0.2) is 0 Å². The smallest absolute Gasteiger partial charge is 0.255 e. The number of hydrogen-bond acceptors (Lipinski definition) is 3. The molecule has 0 heterocycles. The Morgan fingerprint density at radius 1 is 1.14 bits per heavy atom. The molecule has 0 fully saturated rings. The summed E-state index contributed by atoms with van der Waals surface area (Å²) in [5, 5.41) is 2.87. The maximum Gasteiger partial charge on any atom is 0.255 e. The van der Waals surface area contributed by atoms with Crippen LogP contribution < -0.4 is 14.8 Å². The number of nitrogens with one attached hydrogen (secondary N) is 1. The van der Waals surface area contributed by atoms with Crippen LogP contribution in [0.3, 0.4) is 0 Å². The van der Waals surface area contributed by atoms with Crippen LogP contribution in [0.15, 0.2) is 48.5 Å². The molecule has 0 radical (unpaired) electrons. The molecular formula is C18H21NO3. The largest absolute Gasteiger partial charge is 0.496 e. The van der Waals surface area contributed by atoms with Gasteiger partial charge in [0.05, 0.1) is 19.3 Å². The first-order chi connectivity index (χ1) is 10.7. The zero-order valence-electron chi connectivity index (χ0n) is 13.0. The maximum absolute atomic E-state index is 12.1. The van der Waals surface area contributed by atoms with E-state index >= 15 is 0 Å². The predicted octanol–water partition coefficient (Wildman–Crippen LogP) is 3.20. The van der Waals surface area contributed by atoms with Crippen LogP contribution in [0.25, 0.3) is 0 Å². The van der Waals surface area contributed by atoms with Crippen molar-refractivity contribution < 1.29 is 14.3 Å². The van der Waals surface area contributed by atoms with Gasteiger partial charge in [0, 0.05) is 6.54 Å². The van der Waals surface area contributed by atoms with Gasteiger partial charge in [-0.05, 0) is 43.2 Å². The third-order valence-corrected chi connectivity index (χ3v) is 3.22. The number of ether oxygens (including phenoxy) is 2. The van der Waals surface area contributed by atoms with Gasteiger partial charge in [0.2, 0.25) is 0 Å². The third kappa shape index (κ3) is 4.52. The van der Waals surface area contributed by atoms with Crippen LogP contribution in [0.1, 0.15) is 22.3 Å². The van der Waals surface area contributed by atoms with Crippen molar-refractivity contribution >= 4 is 5.91 Å². The molecule has 0 aliphatic carbocycles. The summed E-state index contributed by atoms with van der Waals surface area (Å²) in [5.41, 5.74) is 1.71. The minimum atomic E-state index is -0.131. The first-order valence-electron chi connectivity index (χ1n) is 7.31. The molecule has 2 aromatic rings. The van der Waals surface area contributed by atoms with E-state index in [1.54, 1.807) is 19.2 Å². The van der Waals surface area contributed by atoms with Gasteiger partial charge in [-0.2, -0.15) is 0 Å². The van der Waals surface area contributed by atoms with Crippen molar-refractivity contribution in [2.45, 2.75) is 13.3 Å². The predicted molar refractivity (Wildman–Crippen MR) is 86.6 cm³/mol. The topological polar surface area (TPSA) is 47.6 Å². The molecule has 4 nitrogen and oxygen atoms in total. The second-order valence-corrected chi connectivity index (χ2v) is 4.97. The average Bonchev–Trinajstić information content (AvgIpc) is 2.54. The average molecular weight is 299 g/mol. The lowest BCUT2D eigenvalue weighted by atomic mass is 10.2. The molecule has 0 bridgehead atoms. The number of carbonyl (C=O) groups excluding carboxylic acids is 1. The Bertz CT molecular complexity index is 625. The van der Waals surface area contributed by atoms with Crippen molar-refractivity contribution in [3.8, 4) is 11.5 Å². The highest BCUT2D eigenvalue weighted by molar-refractivity contribution is 5.96. The molecule has 2 rings (SSSR count). The van der Waals surface area contributed by atoms with Crippen LogP contribution in [0.2, 0.25) is 0 Å². The number of amides is 1. The summed E-state index contributed by atoms with van der Waals surface area (Å²) < 4.78 is 10.8. The number of aryl methyl sites for hydroxylation is 1. The molecule has 2 aromatic carbocycles. The SMILES string of the molecule is COc1ccccc1C(=O)NCCCOc1cccc(C)c1. The van der Waals surface area contributed by atoms with E-state index in [-0.39, 0.29) is 5.91 Å². The number of para-hydroxylation sites is 1. The van der Waals surface area contributed by atoms with E-state index in [0.717, 1.165) is 12.2 Å². The van der Waals surface area contributed by atoms with Crippen molar-refractivity contribution in [3.63, 3.8) is 0 Å². The highest BCUT2D eigenvalue weighted by Gasteiger charge is 2.10. The Morgan fingerprint density at radius 3 is 2.73 bits per heavy atom. The molecule has 0 atom stereocenters. The van der Waals surface area contributed by atoms with Crippen molar-refractivity contribution in [1.82, 2.24) is 5.32 Å². The number of hydrogen-bond donors (Lipinski definition) is 1. The fourth-order valence-electron chi connectivity index (χ4n) is 2.10. The third-order valence-electron chi connectivity index (χ3n) is 3.22. The molecule has 0 aliphatic rings. The Labute approximate surface area is 131 Å². The van der Waals surface area contributed by atoms with E-state index in [2.05, 4.69) is 5.32 Å². The minimum absolute atomic E-state index is 0.131. The molecule has 4 heteroatoms. The molecular weight excluding hydrogens is 278 g/mol. The first-order valence-corrected chi connectivity index (χ1v) is 7.31. The van der Waals surface area contributed by atoms with E-state index in [0.29, 0.717) is 24.5 Å². The van der Waals surface area contributed by atoms with Crippen molar-refractivity contribution in [1.29, 1.82) is 0 Å². The molecule has 0 unspecified atom stereocenters. The molecule has 0 saturated heterocycles. The standard InChI is InChI=1S/C18H21NO3/c1-14-7-5-8-15(13-14)22-12-6-11-19-18(20)16-9-3-4-10-17(16)21-2/h3-5,7-10,13H,6,11-12H2,1-2H3,(H,19,20). The molecule has 22 heavy (non-hydrogen) atoms. The van der Waals surface area contributed by atoms with Crippen LogP contribution in [-0.2, 0) is 0 Å². The van der Waals surface area contributed by atoms with Crippen LogP contribution in [0, 0.1) is 6.92 Å². The number of carbonyl (C=O) groups is 1. The summed E-state index contributed by atoms with van der Waals surface area (Å²) in [4.78, 5) is 12.1. The lowest BCUT2D eigenvalue weighted by Crippen LogP contribution is -2.26. The first kappa shape index (κ1) is 15.9. The van der Waals surface area contributed by atoms with E-state index in [1.165, 1.54) is 5.56 Å². The summed E-state index contributed by atoms with van der Waals surface area (Å²) in [6, 6.07) is 15.1. The highest BCUT2D eigenvalue weighted by Crippen LogP contribution is 2.16. The Balaban J connectivity index is 1.73. The molecule has 1 N–H and O–H groups in total. The van der Waals surface area contributed by atoms with Crippen molar-refractivity contribution in [2.75, 3.05) is 20.3 Å².